The third-order valence-electron chi connectivity index (χ3n) is 6.52. The van der Waals surface area contributed by atoms with Gasteiger partial charge in [-0.15, -0.1) is 0 Å². The summed E-state index contributed by atoms with van der Waals surface area (Å²) in [5.41, 5.74) is 0.130. The monoisotopic (exact) mass is 337 g/mol. The molecule has 138 valence electrons. The lowest BCUT2D eigenvalue weighted by Gasteiger charge is -2.60. The molecular weight excluding hydrogens is 302 g/mol. The zero-order valence-electron chi connectivity index (χ0n) is 15.6. The molecule has 5 nitrogen and oxygen atoms in total. The van der Waals surface area contributed by atoms with Crippen LogP contribution in [0.2, 0.25) is 0 Å². The summed E-state index contributed by atoms with van der Waals surface area (Å²) in [5.74, 6) is 1.84. The summed E-state index contributed by atoms with van der Waals surface area (Å²) in [5, 5.41) is 17.4. The SMILES string of the molecule is CN=C(NCC(O)C1CCCCC1)NC1C2CCCOC2C1(C)C. The van der Waals surface area contributed by atoms with Crippen LogP contribution in [0.4, 0.5) is 0 Å². The highest BCUT2D eigenvalue weighted by molar-refractivity contribution is 5.80. The number of rotatable bonds is 4. The van der Waals surface area contributed by atoms with Crippen LogP contribution in [-0.2, 0) is 4.74 Å². The Morgan fingerprint density at radius 2 is 1.96 bits per heavy atom. The molecule has 0 aromatic rings. The average molecular weight is 338 g/mol. The highest BCUT2D eigenvalue weighted by Gasteiger charge is 2.58. The number of guanidine groups is 1. The molecule has 24 heavy (non-hydrogen) atoms. The lowest BCUT2D eigenvalue weighted by Crippen LogP contribution is -2.71. The van der Waals surface area contributed by atoms with E-state index in [1.54, 1.807) is 0 Å². The van der Waals surface area contributed by atoms with Gasteiger partial charge in [-0.1, -0.05) is 33.1 Å². The summed E-state index contributed by atoms with van der Waals surface area (Å²) in [6.45, 7) is 6.04. The maximum Gasteiger partial charge on any atom is 0.191 e. The lowest BCUT2D eigenvalue weighted by atomic mass is 9.55. The Morgan fingerprint density at radius 1 is 1.21 bits per heavy atom. The van der Waals surface area contributed by atoms with Crippen molar-refractivity contribution in [2.75, 3.05) is 20.2 Å². The molecule has 3 N–H and O–H groups in total. The molecule has 0 aromatic heterocycles. The molecule has 4 atom stereocenters. The van der Waals surface area contributed by atoms with Crippen LogP contribution in [0.5, 0.6) is 0 Å². The van der Waals surface area contributed by atoms with Gasteiger partial charge in [0.05, 0.1) is 12.2 Å². The highest BCUT2D eigenvalue weighted by Crippen LogP contribution is 2.51. The summed E-state index contributed by atoms with van der Waals surface area (Å²) in [7, 11) is 1.81. The van der Waals surface area contributed by atoms with Gasteiger partial charge in [0.25, 0.3) is 0 Å². The number of nitrogens with one attached hydrogen (secondary N) is 2. The van der Waals surface area contributed by atoms with Crippen molar-refractivity contribution in [3.63, 3.8) is 0 Å². The number of hydrogen-bond donors (Lipinski definition) is 3. The smallest absolute Gasteiger partial charge is 0.191 e. The summed E-state index contributed by atoms with van der Waals surface area (Å²) in [4.78, 5) is 4.37. The molecule has 5 heteroatoms. The van der Waals surface area contributed by atoms with Crippen LogP contribution in [0.25, 0.3) is 0 Å². The largest absolute Gasteiger partial charge is 0.391 e. The normalized spacial score (nSPS) is 34.8. The number of aliphatic hydroxyl groups is 1. The first-order chi connectivity index (χ1) is 11.5. The van der Waals surface area contributed by atoms with Crippen LogP contribution < -0.4 is 10.6 Å². The van der Waals surface area contributed by atoms with E-state index in [0.717, 1.165) is 31.8 Å². The van der Waals surface area contributed by atoms with E-state index in [-0.39, 0.29) is 11.5 Å². The molecule has 3 fully saturated rings. The Kier molecular flexibility index (Phi) is 5.70. The lowest BCUT2D eigenvalue weighted by molar-refractivity contribution is -0.188. The van der Waals surface area contributed by atoms with Crippen molar-refractivity contribution in [2.24, 2.45) is 22.2 Å². The molecule has 0 aromatic carbocycles. The maximum absolute atomic E-state index is 10.4. The summed E-state index contributed by atoms with van der Waals surface area (Å²) < 4.78 is 5.97. The average Bonchev–Trinajstić information content (AvgIpc) is 2.62. The zero-order valence-corrected chi connectivity index (χ0v) is 15.6. The Hall–Kier alpha value is -0.810. The minimum atomic E-state index is -0.274. The molecule has 1 aliphatic heterocycles. The predicted octanol–water partition coefficient (Wildman–Crippen LogP) is 2.30. The van der Waals surface area contributed by atoms with Gasteiger partial charge in [0.2, 0.25) is 0 Å². The van der Waals surface area contributed by atoms with Gasteiger partial charge >= 0.3 is 0 Å². The Balaban J connectivity index is 1.50. The first-order valence-electron chi connectivity index (χ1n) is 9.81. The molecule has 1 heterocycles. The molecule has 4 unspecified atom stereocenters. The first-order valence-corrected chi connectivity index (χ1v) is 9.81. The zero-order chi connectivity index (χ0) is 17.2. The molecule has 0 spiro atoms. The molecule has 0 amide bonds. The van der Waals surface area contributed by atoms with Gasteiger partial charge in [-0.25, -0.2) is 0 Å². The molecule has 3 aliphatic rings. The number of aliphatic hydroxyl groups excluding tert-OH is 1. The van der Waals surface area contributed by atoms with E-state index in [9.17, 15) is 5.11 Å². The molecule has 2 aliphatic carbocycles. The second kappa shape index (κ2) is 7.61. The Morgan fingerprint density at radius 3 is 2.67 bits per heavy atom. The summed E-state index contributed by atoms with van der Waals surface area (Å²) in [6, 6.07) is 0.390. The number of nitrogens with zero attached hydrogens (tertiary/aromatic N) is 1. The predicted molar refractivity (Wildman–Crippen MR) is 97.1 cm³/mol. The summed E-state index contributed by atoms with van der Waals surface area (Å²) >= 11 is 0. The minimum absolute atomic E-state index is 0.130. The number of ether oxygens (including phenoxy) is 1. The van der Waals surface area contributed by atoms with E-state index >= 15 is 0 Å². The molecular formula is C19H35N3O2. The number of fused-ring (bicyclic) bond motifs is 1. The van der Waals surface area contributed by atoms with Gasteiger partial charge in [-0.3, -0.25) is 4.99 Å². The number of hydrogen-bond acceptors (Lipinski definition) is 3. The van der Waals surface area contributed by atoms with Gasteiger partial charge < -0.3 is 20.5 Å². The van der Waals surface area contributed by atoms with Crippen molar-refractivity contribution < 1.29 is 9.84 Å². The maximum atomic E-state index is 10.4. The van der Waals surface area contributed by atoms with Crippen LogP contribution in [0.1, 0.15) is 58.8 Å². The second-order valence-electron chi connectivity index (χ2n) is 8.46. The Labute approximate surface area is 146 Å². The minimum Gasteiger partial charge on any atom is -0.391 e. The van der Waals surface area contributed by atoms with Gasteiger partial charge in [-0.05, 0) is 31.6 Å². The van der Waals surface area contributed by atoms with E-state index in [0.29, 0.717) is 30.5 Å². The second-order valence-corrected chi connectivity index (χ2v) is 8.46. The van der Waals surface area contributed by atoms with Gasteiger partial charge in [0.15, 0.2) is 5.96 Å². The fraction of sp³-hybridized carbons (Fsp3) is 0.947. The van der Waals surface area contributed by atoms with Crippen molar-refractivity contribution in [3.05, 3.63) is 0 Å². The van der Waals surface area contributed by atoms with E-state index in [4.69, 9.17) is 4.74 Å². The first kappa shape index (κ1) is 18.0. The van der Waals surface area contributed by atoms with E-state index in [2.05, 4.69) is 29.5 Å². The van der Waals surface area contributed by atoms with Crippen molar-refractivity contribution in [3.8, 4) is 0 Å². The fourth-order valence-electron chi connectivity index (χ4n) is 5.04. The van der Waals surface area contributed by atoms with Gasteiger partial charge in [-0.2, -0.15) is 0 Å². The Bertz CT molecular complexity index is 446. The third kappa shape index (κ3) is 3.57. The molecule has 2 saturated carbocycles. The topological polar surface area (TPSA) is 65.9 Å². The number of aliphatic imine (C=N–C) groups is 1. The van der Waals surface area contributed by atoms with Gasteiger partial charge in [0, 0.05) is 37.6 Å². The van der Waals surface area contributed by atoms with Crippen LogP contribution in [0.15, 0.2) is 4.99 Å². The van der Waals surface area contributed by atoms with Crippen molar-refractivity contribution in [1.29, 1.82) is 0 Å². The standard InChI is InChI=1S/C19H35N3O2/c1-19(2)16(14-10-7-11-24-17(14)19)22-18(20-3)21-12-15(23)13-8-5-4-6-9-13/h13-17,23H,4-12H2,1-3H3,(H2,20,21,22). The third-order valence-corrected chi connectivity index (χ3v) is 6.52. The van der Waals surface area contributed by atoms with Crippen molar-refractivity contribution in [2.45, 2.75) is 77.0 Å². The van der Waals surface area contributed by atoms with Crippen LogP contribution >= 0.6 is 0 Å². The van der Waals surface area contributed by atoms with Crippen LogP contribution in [0.3, 0.4) is 0 Å². The molecule has 1 saturated heterocycles. The van der Waals surface area contributed by atoms with Gasteiger partial charge in [0.1, 0.15) is 0 Å². The molecule has 0 radical (unpaired) electrons. The quantitative estimate of drug-likeness (QED) is 0.544. The van der Waals surface area contributed by atoms with E-state index in [1.165, 1.54) is 25.7 Å². The van der Waals surface area contributed by atoms with Crippen LogP contribution in [0, 0.1) is 17.3 Å². The van der Waals surface area contributed by atoms with Crippen molar-refractivity contribution in [1.82, 2.24) is 10.6 Å². The highest BCUT2D eigenvalue weighted by atomic mass is 16.5. The van der Waals surface area contributed by atoms with E-state index < -0.39 is 0 Å². The molecule has 0 bridgehead atoms. The van der Waals surface area contributed by atoms with Crippen molar-refractivity contribution >= 4 is 5.96 Å². The van der Waals surface area contributed by atoms with E-state index in [1.807, 2.05) is 7.05 Å². The fourth-order valence-corrected chi connectivity index (χ4v) is 5.04. The molecule has 3 rings (SSSR count). The van der Waals surface area contributed by atoms with Crippen LogP contribution in [-0.4, -0.2) is 49.5 Å². The summed E-state index contributed by atoms with van der Waals surface area (Å²) in [6.07, 6.45) is 8.63.